The largest absolute Gasteiger partial charge is 1.00 e. The standard InChI is InChI=1S/2C2H6O8P2.2Na/c2*3-9-12(6)8-2-1-7-11(4,5)10-12;;/h2*3H,1-2H2,(H,4,5);;/q;;2*+1/p-2. The Bertz CT molecular complexity index is 557. The molecule has 0 aromatic carbocycles. The molecule has 0 amide bonds. The maximum absolute atomic E-state index is 10.9. The molecule has 16 nitrogen and oxygen atoms in total. The van der Waals surface area contributed by atoms with E-state index in [4.69, 9.17) is 10.5 Å². The van der Waals surface area contributed by atoms with Crippen molar-refractivity contribution in [1.82, 2.24) is 0 Å². The molecule has 2 aliphatic rings. The fraction of sp³-hybridized carbons (Fsp3) is 1.00. The van der Waals surface area contributed by atoms with Crippen LogP contribution < -0.4 is 68.9 Å². The van der Waals surface area contributed by atoms with E-state index in [1.165, 1.54) is 0 Å². The van der Waals surface area contributed by atoms with E-state index in [9.17, 15) is 28.0 Å². The van der Waals surface area contributed by atoms with Crippen LogP contribution in [-0.2, 0) is 54.3 Å². The van der Waals surface area contributed by atoms with Gasteiger partial charge in [0.15, 0.2) is 0 Å². The van der Waals surface area contributed by atoms with Crippen molar-refractivity contribution >= 4 is 31.3 Å². The van der Waals surface area contributed by atoms with Gasteiger partial charge < -0.3 is 18.8 Å². The first-order valence-corrected chi connectivity index (χ1v) is 11.3. The second kappa shape index (κ2) is 13.0. The van der Waals surface area contributed by atoms with Crippen LogP contribution in [-0.4, -0.2) is 36.9 Å². The van der Waals surface area contributed by atoms with E-state index < -0.39 is 31.3 Å². The number of hydrogen-bond acceptors (Lipinski definition) is 16. The third kappa shape index (κ3) is 11.6. The summed E-state index contributed by atoms with van der Waals surface area (Å²) < 4.78 is 73.6. The van der Waals surface area contributed by atoms with Crippen LogP contribution in [0.1, 0.15) is 0 Å². The van der Waals surface area contributed by atoms with Gasteiger partial charge in [-0.05, 0) is 0 Å². The van der Waals surface area contributed by atoms with Crippen LogP contribution in [0.2, 0.25) is 0 Å². The van der Waals surface area contributed by atoms with Crippen molar-refractivity contribution in [1.29, 1.82) is 0 Å². The summed E-state index contributed by atoms with van der Waals surface area (Å²) in [6, 6.07) is 0. The molecule has 0 aliphatic carbocycles. The zero-order valence-corrected chi connectivity index (χ0v) is 20.8. The molecule has 0 radical (unpaired) electrons. The summed E-state index contributed by atoms with van der Waals surface area (Å²) >= 11 is 0. The molecule has 0 bridgehead atoms. The number of phosphoric ester groups is 2. The van der Waals surface area contributed by atoms with Gasteiger partial charge >= 0.3 is 74.8 Å². The number of phosphoric acid groups is 4. The third-order valence-corrected chi connectivity index (χ3v) is 7.36. The van der Waals surface area contributed by atoms with Gasteiger partial charge in [-0.3, -0.25) is 18.2 Å². The summed E-state index contributed by atoms with van der Waals surface area (Å²) in [4.78, 5) is 21.2. The van der Waals surface area contributed by atoms with Crippen LogP contribution in [0.25, 0.3) is 0 Å². The minimum atomic E-state index is -4.69. The van der Waals surface area contributed by atoms with E-state index in [0.29, 0.717) is 0 Å². The van der Waals surface area contributed by atoms with Gasteiger partial charge in [-0.2, -0.15) is 0 Å². The van der Waals surface area contributed by atoms with Gasteiger partial charge in [-0.1, -0.05) is 0 Å². The van der Waals surface area contributed by atoms with Gasteiger partial charge in [-0.15, -0.1) is 9.35 Å². The van der Waals surface area contributed by atoms with Crippen LogP contribution in [0.15, 0.2) is 0 Å². The minimum Gasteiger partial charge on any atom is -0.756 e. The van der Waals surface area contributed by atoms with Crippen LogP contribution in [0.3, 0.4) is 0 Å². The van der Waals surface area contributed by atoms with E-state index in [1.807, 2.05) is 0 Å². The minimum absolute atomic E-state index is 0. The first kappa shape index (κ1) is 30.6. The quantitative estimate of drug-likeness (QED) is 0.161. The molecule has 4 atom stereocenters. The maximum atomic E-state index is 10.9. The number of rotatable bonds is 2. The number of hydrogen-bond donors (Lipinski definition) is 2. The Morgan fingerprint density at radius 3 is 1.19 bits per heavy atom. The molecular formula is C4H10Na2O16P4. The molecule has 144 valence electrons. The fourth-order valence-electron chi connectivity index (χ4n) is 1.01. The topological polar surface area (TPSA) is 229 Å². The van der Waals surface area contributed by atoms with E-state index in [2.05, 4.69) is 36.1 Å². The molecule has 26 heavy (non-hydrogen) atoms. The van der Waals surface area contributed by atoms with Crippen molar-refractivity contribution in [3.8, 4) is 0 Å². The average molecular weight is 484 g/mol. The van der Waals surface area contributed by atoms with Gasteiger partial charge in [0.25, 0.3) is 15.6 Å². The van der Waals surface area contributed by atoms with Crippen LogP contribution >= 0.6 is 31.3 Å². The van der Waals surface area contributed by atoms with Crippen molar-refractivity contribution in [2.45, 2.75) is 0 Å². The second-order valence-corrected chi connectivity index (χ2v) is 9.69. The first-order chi connectivity index (χ1) is 10.9. The van der Waals surface area contributed by atoms with Gasteiger partial charge in [-0.25, -0.2) is 28.3 Å². The maximum Gasteiger partial charge on any atom is 1.00 e. The molecule has 4 unspecified atom stereocenters. The van der Waals surface area contributed by atoms with Crippen LogP contribution in [0, 0.1) is 0 Å². The van der Waals surface area contributed by atoms with Gasteiger partial charge in [0.2, 0.25) is 0 Å². The Morgan fingerprint density at radius 2 is 0.923 bits per heavy atom. The predicted octanol–water partition coefficient (Wildman–Crippen LogP) is -5.76. The molecule has 0 saturated carbocycles. The van der Waals surface area contributed by atoms with E-state index in [1.54, 1.807) is 0 Å². The van der Waals surface area contributed by atoms with E-state index in [-0.39, 0.29) is 85.5 Å². The van der Waals surface area contributed by atoms with Crippen molar-refractivity contribution in [3.05, 3.63) is 0 Å². The molecule has 0 aromatic rings. The summed E-state index contributed by atoms with van der Waals surface area (Å²) in [6.45, 7) is -1.31. The monoisotopic (exact) mass is 484 g/mol. The molecule has 0 spiro atoms. The zero-order valence-electron chi connectivity index (χ0n) is 13.2. The fourth-order valence-corrected chi connectivity index (χ4v) is 5.25. The Morgan fingerprint density at radius 1 is 0.654 bits per heavy atom. The summed E-state index contributed by atoms with van der Waals surface area (Å²) in [7, 11) is -18.2. The molecule has 2 N–H and O–H groups in total. The molecule has 2 heterocycles. The van der Waals surface area contributed by atoms with Crippen LogP contribution in [0.5, 0.6) is 0 Å². The van der Waals surface area contributed by atoms with E-state index in [0.717, 1.165) is 0 Å². The summed E-state index contributed by atoms with van der Waals surface area (Å²) in [5.41, 5.74) is 0. The van der Waals surface area contributed by atoms with Gasteiger partial charge in [0, 0.05) is 0 Å². The summed E-state index contributed by atoms with van der Waals surface area (Å²) in [5, 5.41) is 16.0. The van der Waals surface area contributed by atoms with Crippen molar-refractivity contribution in [2.75, 3.05) is 26.4 Å². The Balaban J connectivity index is 0. The van der Waals surface area contributed by atoms with Crippen molar-refractivity contribution in [3.63, 3.8) is 0 Å². The molecule has 2 fully saturated rings. The van der Waals surface area contributed by atoms with Gasteiger partial charge in [0.1, 0.15) is 0 Å². The Hall–Kier alpha value is 2.44. The zero-order chi connectivity index (χ0) is 18.5. The molecular weight excluding hydrogens is 474 g/mol. The Kier molecular flexibility index (Phi) is 15.3. The molecule has 22 heteroatoms. The smallest absolute Gasteiger partial charge is 0.756 e. The third-order valence-electron chi connectivity index (χ3n) is 1.76. The second-order valence-electron chi connectivity index (χ2n) is 3.45. The van der Waals surface area contributed by atoms with E-state index >= 15 is 0 Å². The molecule has 2 aliphatic heterocycles. The first-order valence-electron chi connectivity index (χ1n) is 5.44. The molecule has 2 rings (SSSR count). The SMILES string of the molecule is O=P1([O-])OCCOP(=O)(OO)O1.O=P1([O-])OCCOP(=O)(OO)O1.[Na+].[Na+]. The van der Waals surface area contributed by atoms with Crippen molar-refractivity contribution in [2.24, 2.45) is 0 Å². The predicted molar refractivity (Wildman–Crippen MR) is 63.8 cm³/mol. The molecule has 0 aromatic heterocycles. The summed E-state index contributed by atoms with van der Waals surface area (Å²) in [6.07, 6.45) is 0. The van der Waals surface area contributed by atoms with Crippen LogP contribution in [0.4, 0.5) is 0 Å². The Labute approximate surface area is 190 Å². The van der Waals surface area contributed by atoms with Crippen molar-refractivity contribution < 1.29 is 134 Å². The summed E-state index contributed by atoms with van der Waals surface area (Å²) in [5.74, 6) is 0. The van der Waals surface area contributed by atoms with Gasteiger partial charge in [0.05, 0.1) is 26.4 Å². The normalized spacial score (nSPS) is 40.5. The molecule has 2 saturated heterocycles. The average Bonchev–Trinajstić information content (AvgIpc) is 2.71.